The molecule has 1 aromatic carbocycles. The van der Waals surface area contributed by atoms with Gasteiger partial charge in [-0.1, -0.05) is 11.6 Å². The van der Waals surface area contributed by atoms with Crippen molar-refractivity contribution in [2.45, 2.75) is 6.54 Å². The van der Waals surface area contributed by atoms with Gasteiger partial charge in [-0.05, 0) is 18.2 Å². The number of benzene rings is 1. The van der Waals surface area contributed by atoms with Crippen molar-refractivity contribution >= 4 is 29.2 Å². The van der Waals surface area contributed by atoms with Gasteiger partial charge >= 0.3 is 11.7 Å². The van der Waals surface area contributed by atoms with Crippen LogP contribution in [0, 0.1) is 0 Å². The summed E-state index contributed by atoms with van der Waals surface area (Å²) in [6.07, 6.45) is 3.02. The second kappa shape index (κ2) is 5.84. The predicted octanol–water partition coefficient (Wildman–Crippen LogP) is 1.18. The molecule has 110 valence electrons. The van der Waals surface area contributed by atoms with Gasteiger partial charge in [0.05, 0.1) is 16.3 Å². The Bertz CT molecular complexity index is 763. The van der Waals surface area contributed by atoms with Crippen molar-refractivity contribution in [1.82, 2.24) is 9.13 Å². The Kier molecular flexibility index (Phi) is 4.13. The minimum absolute atomic E-state index is 0.00609. The monoisotopic (exact) mass is 309 g/mol. The van der Waals surface area contributed by atoms with E-state index in [0.717, 1.165) is 0 Å². The molecule has 0 aliphatic carbocycles. The fourth-order valence-electron chi connectivity index (χ4n) is 1.73. The molecule has 0 radical (unpaired) electrons. The van der Waals surface area contributed by atoms with Gasteiger partial charge in [0.2, 0.25) is 5.91 Å². The number of hydrogen-bond donors (Lipinski definition) is 2. The molecule has 8 heteroatoms. The van der Waals surface area contributed by atoms with Crippen LogP contribution in [0.2, 0.25) is 5.02 Å². The SMILES string of the molecule is Cn1ccn(CC(=O)Nc2cc(C(=O)O)ccc2Cl)c1=O. The first kappa shape index (κ1) is 14.9. The highest BCUT2D eigenvalue weighted by Gasteiger charge is 2.11. The Labute approximate surface area is 124 Å². The van der Waals surface area contributed by atoms with E-state index in [1.54, 1.807) is 7.05 Å². The highest BCUT2D eigenvalue weighted by atomic mass is 35.5. The van der Waals surface area contributed by atoms with Crippen LogP contribution >= 0.6 is 11.6 Å². The summed E-state index contributed by atoms with van der Waals surface area (Å²) in [7, 11) is 1.57. The zero-order chi connectivity index (χ0) is 15.6. The smallest absolute Gasteiger partial charge is 0.335 e. The summed E-state index contributed by atoms with van der Waals surface area (Å²) >= 11 is 5.90. The second-order valence-electron chi connectivity index (χ2n) is 4.37. The number of halogens is 1. The number of aryl methyl sites for hydroxylation is 1. The number of carboxylic acids is 1. The van der Waals surface area contributed by atoms with Crippen molar-refractivity contribution in [1.29, 1.82) is 0 Å². The number of aromatic carboxylic acids is 1. The molecule has 1 amide bonds. The van der Waals surface area contributed by atoms with Crippen LogP contribution in [0.5, 0.6) is 0 Å². The van der Waals surface area contributed by atoms with Crippen LogP contribution < -0.4 is 11.0 Å². The molecule has 2 rings (SSSR count). The third-order valence-corrected chi connectivity index (χ3v) is 3.15. The van der Waals surface area contributed by atoms with Gasteiger partial charge in [-0.25, -0.2) is 9.59 Å². The van der Waals surface area contributed by atoms with Gasteiger partial charge in [0.15, 0.2) is 0 Å². The highest BCUT2D eigenvalue weighted by Crippen LogP contribution is 2.23. The summed E-state index contributed by atoms with van der Waals surface area (Å²) in [6.45, 7) is -0.187. The van der Waals surface area contributed by atoms with Crippen molar-refractivity contribution in [2.24, 2.45) is 7.05 Å². The number of imidazole rings is 1. The van der Waals surface area contributed by atoms with Crippen LogP contribution in [0.4, 0.5) is 5.69 Å². The Balaban J connectivity index is 2.16. The molecular weight excluding hydrogens is 298 g/mol. The fourth-order valence-corrected chi connectivity index (χ4v) is 1.89. The van der Waals surface area contributed by atoms with Crippen LogP contribution in [0.3, 0.4) is 0 Å². The summed E-state index contributed by atoms with van der Waals surface area (Å²) < 4.78 is 2.57. The van der Waals surface area contributed by atoms with E-state index in [2.05, 4.69) is 5.32 Å². The molecular formula is C13H12ClN3O4. The molecule has 1 aromatic heterocycles. The van der Waals surface area contributed by atoms with Gasteiger partial charge in [-0.2, -0.15) is 0 Å². The molecule has 0 bridgehead atoms. The second-order valence-corrected chi connectivity index (χ2v) is 4.77. The number of aromatic nitrogens is 2. The largest absolute Gasteiger partial charge is 0.478 e. The molecule has 7 nitrogen and oxygen atoms in total. The minimum atomic E-state index is -1.12. The van der Waals surface area contributed by atoms with Gasteiger partial charge in [0.25, 0.3) is 0 Å². The molecule has 2 aromatic rings. The number of carbonyl (C=O) groups excluding carboxylic acids is 1. The summed E-state index contributed by atoms with van der Waals surface area (Å²) in [5.74, 6) is -1.60. The van der Waals surface area contributed by atoms with Gasteiger partial charge in [0, 0.05) is 19.4 Å². The average Bonchev–Trinajstić information content (AvgIpc) is 2.73. The Morgan fingerprint density at radius 1 is 1.33 bits per heavy atom. The van der Waals surface area contributed by atoms with Crippen molar-refractivity contribution in [2.75, 3.05) is 5.32 Å². The summed E-state index contributed by atoms with van der Waals surface area (Å²) in [5, 5.41) is 11.6. The first-order chi connectivity index (χ1) is 9.88. The minimum Gasteiger partial charge on any atom is -0.478 e. The van der Waals surface area contributed by atoms with Crippen LogP contribution in [0.1, 0.15) is 10.4 Å². The summed E-state index contributed by atoms with van der Waals surface area (Å²) in [6, 6.07) is 3.98. The molecule has 0 spiro atoms. The lowest BCUT2D eigenvalue weighted by molar-refractivity contribution is -0.116. The molecule has 0 atom stereocenters. The molecule has 0 saturated heterocycles. The van der Waals surface area contributed by atoms with E-state index in [4.69, 9.17) is 16.7 Å². The number of carboxylic acid groups (broad SMARTS) is 1. The predicted molar refractivity (Wildman–Crippen MR) is 76.7 cm³/mol. The third-order valence-electron chi connectivity index (χ3n) is 2.82. The first-order valence-corrected chi connectivity index (χ1v) is 6.30. The Morgan fingerprint density at radius 2 is 2.05 bits per heavy atom. The van der Waals surface area contributed by atoms with Crippen LogP contribution in [0.25, 0.3) is 0 Å². The number of nitrogens with zero attached hydrogens (tertiary/aromatic N) is 2. The maximum Gasteiger partial charge on any atom is 0.335 e. The van der Waals surface area contributed by atoms with Gasteiger partial charge in [-0.15, -0.1) is 0 Å². The average molecular weight is 310 g/mol. The number of rotatable bonds is 4. The zero-order valence-corrected chi connectivity index (χ0v) is 11.8. The number of hydrogen-bond acceptors (Lipinski definition) is 3. The van der Waals surface area contributed by atoms with Crippen molar-refractivity contribution < 1.29 is 14.7 Å². The quantitative estimate of drug-likeness (QED) is 0.886. The molecule has 21 heavy (non-hydrogen) atoms. The maximum absolute atomic E-state index is 11.9. The lowest BCUT2D eigenvalue weighted by atomic mass is 10.2. The van der Waals surface area contributed by atoms with E-state index in [-0.39, 0.29) is 28.5 Å². The molecule has 0 aliphatic heterocycles. The number of nitrogens with one attached hydrogen (secondary N) is 1. The summed E-state index contributed by atoms with van der Waals surface area (Å²) in [4.78, 5) is 34.4. The van der Waals surface area contributed by atoms with E-state index in [9.17, 15) is 14.4 Å². The first-order valence-electron chi connectivity index (χ1n) is 5.93. The van der Waals surface area contributed by atoms with Crippen molar-refractivity contribution in [3.05, 3.63) is 51.7 Å². The normalized spacial score (nSPS) is 10.4. The van der Waals surface area contributed by atoms with E-state index in [1.165, 1.54) is 39.7 Å². The lowest BCUT2D eigenvalue weighted by Gasteiger charge is -2.08. The number of carbonyl (C=O) groups is 2. The molecule has 0 aliphatic rings. The van der Waals surface area contributed by atoms with Crippen molar-refractivity contribution in [3.63, 3.8) is 0 Å². The third kappa shape index (κ3) is 3.32. The summed E-state index contributed by atoms with van der Waals surface area (Å²) in [5.41, 5.74) is -0.132. The molecule has 1 heterocycles. The molecule has 0 fully saturated rings. The van der Waals surface area contributed by atoms with E-state index in [1.807, 2.05) is 0 Å². The Morgan fingerprint density at radius 3 is 2.62 bits per heavy atom. The lowest BCUT2D eigenvalue weighted by Crippen LogP contribution is -2.28. The zero-order valence-electron chi connectivity index (χ0n) is 11.0. The molecule has 0 saturated carbocycles. The maximum atomic E-state index is 11.9. The molecule has 2 N–H and O–H groups in total. The fraction of sp³-hybridized carbons (Fsp3) is 0.154. The topological polar surface area (TPSA) is 93.3 Å². The highest BCUT2D eigenvalue weighted by molar-refractivity contribution is 6.33. The van der Waals surface area contributed by atoms with Crippen LogP contribution in [-0.4, -0.2) is 26.1 Å². The number of amides is 1. The van der Waals surface area contributed by atoms with Gasteiger partial charge < -0.3 is 15.0 Å². The van der Waals surface area contributed by atoms with Gasteiger partial charge in [0.1, 0.15) is 6.54 Å². The van der Waals surface area contributed by atoms with E-state index in [0.29, 0.717) is 0 Å². The van der Waals surface area contributed by atoms with Crippen molar-refractivity contribution in [3.8, 4) is 0 Å². The Hall–Kier alpha value is -2.54. The van der Waals surface area contributed by atoms with Crippen LogP contribution in [-0.2, 0) is 18.4 Å². The van der Waals surface area contributed by atoms with E-state index < -0.39 is 11.9 Å². The number of anilines is 1. The standard InChI is InChI=1S/C13H12ClN3O4/c1-16-4-5-17(13(16)21)7-11(18)15-10-6-8(12(19)20)2-3-9(10)14/h2-6H,7H2,1H3,(H,15,18)(H,19,20). The van der Waals surface area contributed by atoms with E-state index >= 15 is 0 Å². The van der Waals surface area contributed by atoms with Gasteiger partial charge in [-0.3, -0.25) is 9.36 Å². The molecule has 0 unspecified atom stereocenters. The van der Waals surface area contributed by atoms with Crippen LogP contribution in [0.15, 0.2) is 35.4 Å².